The third kappa shape index (κ3) is 6.03. The topological polar surface area (TPSA) is 110 Å². The lowest BCUT2D eigenvalue weighted by molar-refractivity contribution is -0.152. The number of aryl methyl sites for hydroxylation is 1. The lowest BCUT2D eigenvalue weighted by Crippen LogP contribution is -2.49. The molecule has 1 heterocycles. The van der Waals surface area contributed by atoms with Gasteiger partial charge in [0.05, 0.1) is 29.5 Å². The standard InChI is InChI=1S/C23H26N2O5S.ClH/c1-2-30-23(29)16(13-12-15-8-4-3-5-9-15)20-21(24)31-18-11-7-6-10-17(18)25(22(20)28)14-19(26)27;/h3-11,16,20-21H,2,12-14,24H2,1H3,(H,26,27);1H/t16-,20+,21?;/m1./s1. The molecule has 0 radical (unpaired) electrons. The van der Waals surface area contributed by atoms with Crippen LogP contribution in [0.4, 0.5) is 5.69 Å². The van der Waals surface area contributed by atoms with E-state index >= 15 is 0 Å². The average Bonchev–Trinajstić information content (AvgIpc) is 2.84. The van der Waals surface area contributed by atoms with Crippen LogP contribution in [0, 0.1) is 11.8 Å². The highest BCUT2D eigenvalue weighted by Crippen LogP contribution is 2.41. The van der Waals surface area contributed by atoms with Crippen molar-refractivity contribution in [2.45, 2.75) is 30.0 Å². The third-order valence-electron chi connectivity index (χ3n) is 5.23. The Balaban J connectivity index is 0.00000363. The van der Waals surface area contributed by atoms with Crippen molar-refractivity contribution < 1.29 is 24.2 Å². The maximum atomic E-state index is 13.6. The Morgan fingerprint density at radius 3 is 2.47 bits per heavy atom. The zero-order valence-corrected chi connectivity index (χ0v) is 19.3. The molecule has 2 aromatic carbocycles. The number of rotatable bonds is 8. The molecule has 3 atom stereocenters. The molecule has 32 heavy (non-hydrogen) atoms. The quantitative estimate of drug-likeness (QED) is 0.560. The maximum absolute atomic E-state index is 13.6. The predicted octanol–water partition coefficient (Wildman–Crippen LogP) is 3.34. The molecule has 3 N–H and O–H groups in total. The van der Waals surface area contributed by atoms with Crippen LogP contribution in [0.15, 0.2) is 59.5 Å². The van der Waals surface area contributed by atoms with Gasteiger partial charge in [-0.25, -0.2) is 0 Å². The molecule has 0 saturated heterocycles. The van der Waals surface area contributed by atoms with Gasteiger partial charge in [-0.05, 0) is 37.5 Å². The monoisotopic (exact) mass is 478 g/mol. The summed E-state index contributed by atoms with van der Waals surface area (Å²) < 4.78 is 5.29. The Kier molecular flexibility index (Phi) is 9.56. The van der Waals surface area contributed by atoms with Gasteiger partial charge in [-0.3, -0.25) is 19.3 Å². The van der Waals surface area contributed by atoms with Gasteiger partial charge in [-0.15, -0.1) is 24.2 Å². The van der Waals surface area contributed by atoms with E-state index in [1.54, 1.807) is 31.2 Å². The average molecular weight is 479 g/mol. The first-order valence-electron chi connectivity index (χ1n) is 10.2. The van der Waals surface area contributed by atoms with E-state index in [4.69, 9.17) is 10.5 Å². The summed E-state index contributed by atoms with van der Waals surface area (Å²) in [5.74, 6) is -3.81. The highest BCUT2D eigenvalue weighted by atomic mass is 35.5. The van der Waals surface area contributed by atoms with Crippen LogP contribution in [-0.4, -0.2) is 41.5 Å². The maximum Gasteiger partial charge on any atom is 0.323 e. The fourth-order valence-corrected chi connectivity index (χ4v) is 5.00. The summed E-state index contributed by atoms with van der Waals surface area (Å²) >= 11 is 1.28. The lowest BCUT2D eigenvalue weighted by atomic mass is 9.85. The van der Waals surface area contributed by atoms with E-state index in [0.29, 0.717) is 23.4 Å². The molecule has 1 unspecified atom stereocenters. The number of para-hydroxylation sites is 1. The molecule has 7 nitrogen and oxygen atoms in total. The summed E-state index contributed by atoms with van der Waals surface area (Å²) in [7, 11) is 0. The third-order valence-corrected chi connectivity index (χ3v) is 6.39. The van der Waals surface area contributed by atoms with Crippen molar-refractivity contribution in [3.63, 3.8) is 0 Å². The van der Waals surface area contributed by atoms with Crippen LogP contribution in [0.3, 0.4) is 0 Å². The Hall–Kier alpha value is -2.55. The number of esters is 1. The number of carbonyl (C=O) groups is 3. The van der Waals surface area contributed by atoms with E-state index in [0.717, 1.165) is 5.56 Å². The number of nitrogens with two attached hydrogens (primary N) is 1. The van der Waals surface area contributed by atoms with Crippen molar-refractivity contribution in [3.8, 4) is 0 Å². The van der Waals surface area contributed by atoms with Crippen LogP contribution in [0.2, 0.25) is 0 Å². The minimum Gasteiger partial charge on any atom is -0.480 e. The number of carboxylic acid groups (broad SMARTS) is 1. The second kappa shape index (κ2) is 11.9. The van der Waals surface area contributed by atoms with Gasteiger partial charge in [0.15, 0.2) is 0 Å². The van der Waals surface area contributed by atoms with Crippen molar-refractivity contribution in [3.05, 3.63) is 60.2 Å². The number of amides is 1. The molecule has 1 aliphatic rings. The number of aliphatic carboxylic acids is 1. The number of fused-ring (bicyclic) bond motifs is 1. The number of hydrogen-bond donors (Lipinski definition) is 2. The van der Waals surface area contributed by atoms with E-state index in [2.05, 4.69) is 0 Å². The van der Waals surface area contributed by atoms with Gasteiger partial charge in [-0.2, -0.15) is 0 Å². The second-order valence-corrected chi connectivity index (χ2v) is 8.50. The lowest BCUT2D eigenvalue weighted by Gasteiger charge is -2.30. The Morgan fingerprint density at radius 2 is 1.81 bits per heavy atom. The van der Waals surface area contributed by atoms with Crippen molar-refractivity contribution >= 4 is 47.7 Å². The first kappa shape index (κ1) is 25.7. The summed E-state index contributed by atoms with van der Waals surface area (Å²) in [6.07, 6.45) is 0.933. The fraction of sp³-hybridized carbons (Fsp3) is 0.348. The molecule has 1 amide bonds. The van der Waals surface area contributed by atoms with E-state index in [1.165, 1.54) is 16.7 Å². The van der Waals surface area contributed by atoms with Crippen LogP contribution < -0.4 is 10.6 Å². The molecule has 0 bridgehead atoms. The number of hydrogen-bond acceptors (Lipinski definition) is 6. The SMILES string of the molecule is CCOC(=O)[C@H](CCc1ccccc1)[C@@H]1C(=O)N(CC(=O)O)c2ccccc2SC1N.Cl. The summed E-state index contributed by atoms with van der Waals surface area (Å²) in [6.45, 7) is 1.39. The van der Waals surface area contributed by atoms with Gasteiger partial charge in [0, 0.05) is 4.90 Å². The number of anilines is 1. The van der Waals surface area contributed by atoms with E-state index in [1.807, 2.05) is 30.3 Å². The second-order valence-electron chi connectivity index (χ2n) is 7.28. The van der Waals surface area contributed by atoms with Gasteiger partial charge < -0.3 is 15.6 Å². The molecule has 0 spiro atoms. The number of carbonyl (C=O) groups excluding carboxylic acids is 2. The van der Waals surface area contributed by atoms with Crippen molar-refractivity contribution in [1.82, 2.24) is 0 Å². The number of ether oxygens (including phenoxy) is 1. The van der Waals surface area contributed by atoms with Crippen molar-refractivity contribution in [2.24, 2.45) is 17.6 Å². The highest BCUT2D eigenvalue weighted by molar-refractivity contribution is 8.00. The first-order chi connectivity index (χ1) is 14.9. The van der Waals surface area contributed by atoms with Crippen molar-refractivity contribution in [2.75, 3.05) is 18.1 Å². The molecule has 1 aliphatic heterocycles. The van der Waals surface area contributed by atoms with Gasteiger partial charge in [0.2, 0.25) is 5.91 Å². The van der Waals surface area contributed by atoms with Crippen LogP contribution in [0.25, 0.3) is 0 Å². The Bertz CT molecular complexity index is 943. The molecular weight excluding hydrogens is 452 g/mol. The molecule has 2 aromatic rings. The smallest absolute Gasteiger partial charge is 0.323 e. The van der Waals surface area contributed by atoms with E-state index in [9.17, 15) is 19.5 Å². The molecular formula is C23H27ClN2O5S. The minimum absolute atomic E-state index is 0. The summed E-state index contributed by atoms with van der Waals surface area (Å²) in [6, 6.07) is 16.7. The van der Waals surface area contributed by atoms with E-state index in [-0.39, 0.29) is 19.0 Å². The zero-order chi connectivity index (χ0) is 22.4. The van der Waals surface area contributed by atoms with Crippen LogP contribution in [-0.2, 0) is 25.5 Å². The number of benzene rings is 2. The molecule has 0 saturated carbocycles. The molecule has 0 aliphatic carbocycles. The van der Waals surface area contributed by atoms with E-state index < -0.39 is 41.6 Å². The van der Waals surface area contributed by atoms with Gasteiger partial charge in [0.1, 0.15) is 6.54 Å². The van der Waals surface area contributed by atoms with Crippen LogP contribution >= 0.6 is 24.2 Å². The summed E-state index contributed by atoms with van der Waals surface area (Å²) in [4.78, 5) is 39.9. The molecule has 172 valence electrons. The zero-order valence-electron chi connectivity index (χ0n) is 17.7. The summed E-state index contributed by atoms with van der Waals surface area (Å²) in [5.41, 5.74) is 7.96. The molecule has 9 heteroatoms. The van der Waals surface area contributed by atoms with Crippen LogP contribution in [0.1, 0.15) is 18.9 Å². The molecule has 0 fully saturated rings. The molecule has 0 aromatic heterocycles. The summed E-state index contributed by atoms with van der Waals surface area (Å²) in [5, 5.41) is 8.69. The van der Waals surface area contributed by atoms with Gasteiger partial charge in [-0.1, -0.05) is 42.5 Å². The Morgan fingerprint density at radius 1 is 1.16 bits per heavy atom. The number of halogens is 1. The number of nitrogens with zero attached hydrogens (tertiary/aromatic N) is 1. The highest BCUT2D eigenvalue weighted by Gasteiger charge is 2.44. The largest absolute Gasteiger partial charge is 0.480 e. The first-order valence-corrected chi connectivity index (χ1v) is 11.0. The fourth-order valence-electron chi connectivity index (χ4n) is 3.80. The van der Waals surface area contributed by atoms with Crippen molar-refractivity contribution in [1.29, 1.82) is 0 Å². The van der Waals surface area contributed by atoms with Gasteiger partial charge in [0.25, 0.3) is 0 Å². The normalized spacial score (nSPS) is 18.7. The van der Waals surface area contributed by atoms with Crippen LogP contribution in [0.5, 0.6) is 0 Å². The number of thioether (sulfide) groups is 1. The molecule has 3 rings (SSSR count). The minimum atomic E-state index is -1.14. The Labute approximate surface area is 197 Å². The predicted molar refractivity (Wildman–Crippen MR) is 126 cm³/mol. The number of carboxylic acids is 1. The van der Waals surface area contributed by atoms with Gasteiger partial charge >= 0.3 is 11.9 Å².